The summed E-state index contributed by atoms with van der Waals surface area (Å²) in [6, 6.07) is 2.80. The van der Waals surface area contributed by atoms with Crippen molar-refractivity contribution in [3.63, 3.8) is 0 Å². The maximum Gasteiger partial charge on any atom is 0.416 e. The molecule has 1 aliphatic rings. The van der Waals surface area contributed by atoms with Crippen LogP contribution in [0.3, 0.4) is 0 Å². The van der Waals surface area contributed by atoms with Gasteiger partial charge in [-0.1, -0.05) is 0 Å². The average Bonchev–Trinajstić information content (AvgIpc) is 2.95. The zero-order chi connectivity index (χ0) is 12.6. The van der Waals surface area contributed by atoms with Crippen LogP contribution in [0.2, 0.25) is 0 Å². The van der Waals surface area contributed by atoms with E-state index in [4.69, 9.17) is 0 Å². The molecule has 2 rings (SSSR count). The van der Waals surface area contributed by atoms with Crippen molar-refractivity contribution in [2.24, 2.45) is 5.92 Å². The third-order valence-corrected chi connectivity index (χ3v) is 3.06. The topological polar surface area (TPSA) is 12.0 Å². The van der Waals surface area contributed by atoms with Gasteiger partial charge in [-0.3, -0.25) is 0 Å². The molecule has 1 fully saturated rings. The van der Waals surface area contributed by atoms with Gasteiger partial charge >= 0.3 is 6.18 Å². The van der Waals surface area contributed by atoms with Crippen LogP contribution in [-0.2, 0) is 6.18 Å². The van der Waals surface area contributed by atoms with E-state index in [0.717, 1.165) is 19.0 Å². The highest BCUT2D eigenvalue weighted by molar-refractivity contribution is 5.32. The van der Waals surface area contributed by atoms with Crippen molar-refractivity contribution >= 4 is 0 Å². The molecule has 2 unspecified atom stereocenters. The van der Waals surface area contributed by atoms with Gasteiger partial charge in [-0.15, -0.1) is 0 Å². The molecule has 94 valence electrons. The second kappa shape index (κ2) is 4.29. The SMILES string of the molecule is CNCC1CC1c1cc(F)cc(C(F)(F)F)c1. The first-order chi connectivity index (χ1) is 7.91. The highest BCUT2D eigenvalue weighted by atomic mass is 19.4. The van der Waals surface area contributed by atoms with Crippen molar-refractivity contribution in [2.45, 2.75) is 18.5 Å². The lowest BCUT2D eigenvalue weighted by Gasteiger charge is -2.09. The van der Waals surface area contributed by atoms with Crippen LogP contribution in [0.5, 0.6) is 0 Å². The zero-order valence-corrected chi connectivity index (χ0v) is 9.31. The van der Waals surface area contributed by atoms with Gasteiger partial charge < -0.3 is 5.32 Å². The Bertz CT molecular complexity index is 413. The smallest absolute Gasteiger partial charge is 0.319 e. The number of nitrogens with one attached hydrogen (secondary N) is 1. The van der Waals surface area contributed by atoms with E-state index < -0.39 is 17.6 Å². The Morgan fingerprint density at radius 1 is 1.29 bits per heavy atom. The first-order valence-electron chi connectivity index (χ1n) is 5.44. The first kappa shape index (κ1) is 12.4. The van der Waals surface area contributed by atoms with E-state index in [0.29, 0.717) is 17.5 Å². The second-order valence-electron chi connectivity index (χ2n) is 4.43. The van der Waals surface area contributed by atoms with Gasteiger partial charge in [0.05, 0.1) is 5.56 Å². The number of alkyl halides is 3. The fourth-order valence-electron chi connectivity index (χ4n) is 2.13. The van der Waals surface area contributed by atoms with Gasteiger partial charge in [0.1, 0.15) is 5.82 Å². The molecule has 0 heterocycles. The molecule has 1 nitrogen and oxygen atoms in total. The van der Waals surface area contributed by atoms with Gasteiger partial charge in [0.2, 0.25) is 0 Å². The minimum absolute atomic E-state index is 0.0549. The van der Waals surface area contributed by atoms with Crippen LogP contribution in [0.15, 0.2) is 18.2 Å². The van der Waals surface area contributed by atoms with Crippen LogP contribution in [-0.4, -0.2) is 13.6 Å². The Labute approximate surface area is 96.8 Å². The summed E-state index contributed by atoms with van der Waals surface area (Å²) in [4.78, 5) is 0. The molecule has 17 heavy (non-hydrogen) atoms. The van der Waals surface area contributed by atoms with E-state index >= 15 is 0 Å². The normalized spacial score (nSPS) is 23.8. The molecule has 5 heteroatoms. The van der Waals surface area contributed by atoms with E-state index in [9.17, 15) is 17.6 Å². The summed E-state index contributed by atoms with van der Waals surface area (Å²) < 4.78 is 50.6. The van der Waals surface area contributed by atoms with Crippen molar-refractivity contribution < 1.29 is 17.6 Å². The summed E-state index contributed by atoms with van der Waals surface area (Å²) in [7, 11) is 1.79. The van der Waals surface area contributed by atoms with E-state index in [1.54, 1.807) is 7.05 Å². The number of hydrogen-bond donors (Lipinski definition) is 1. The molecule has 0 radical (unpaired) electrons. The summed E-state index contributed by atoms with van der Waals surface area (Å²) in [5, 5.41) is 2.97. The number of rotatable bonds is 3. The maximum atomic E-state index is 13.1. The van der Waals surface area contributed by atoms with Crippen LogP contribution in [0.1, 0.15) is 23.5 Å². The maximum absolute atomic E-state index is 13.1. The third-order valence-electron chi connectivity index (χ3n) is 3.06. The van der Waals surface area contributed by atoms with Gasteiger partial charge in [0, 0.05) is 0 Å². The zero-order valence-electron chi connectivity index (χ0n) is 9.31. The quantitative estimate of drug-likeness (QED) is 0.809. The standard InChI is InChI=1S/C12H13F4N/c1-17-6-8-4-11(8)7-2-9(12(14,15)16)5-10(13)3-7/h2-3,5,8,11,17H,4,6H2,1H3. The monoisotopic (exact) mass is 247 g/mol. The molecule has 0 aromatic heterocycles. The predicted molar refractivity (Wildman–Crippen MR) is 56.2 cm³/mol. The summed E-state index contributed by atoms with van der Waals surface area (Å²) in [6.07, 6.45) is -3.66. The number of hydrogen-bond acceptors (Lipinski definition) is 1. The van der Waals surface area contributed by atoms with Gasteiger partial charge in [-0.2, -0.15) is 13.2 Å². The molecular weight excluding hydrogens is 234 g/mol. The van der Waals surface area contributed by atoms with E-state index in [-0.39, 0.29) is 5.92 Å². The van der Waals surface area contributed by atoms with Gasteiger partial charge in [0.15, 0.2) is 0 Å². The molecule has 0 aliphatic heterocycles. The van der Waals surface area contributed by atoms with Gasteiger partial charge in [0.25, 0.3) is 0 Å². The van der Waals surface area contributed by atoms with Crippen LogP contribution in [0.25, 0.3) is 0 Å². The summed E-state index contributed by atoms with van der Waals surface area (Å²) in [6.45, 7) is 0.753. The number of halogens is 4. The molecule has 1 aliphatic carbocycles. The molecule has 0 saturated heterocycles. The molecule has 1 N–H and O–H groups in total. The van der Waals surface area contributed by atoms with Gasteiger partial charge in [-0.05, 0) is 55.6 Å². The predicted octanol–water partition coefficient (Wildman–Crippen LogP) is 3.17. The Balaban J connectivity index is 2.22. The first-order valence-corrected chi connectivity index (χ1v) is 5.44. The molecule has 1 aromatic carbocycles. The summed E-state index contributed by atoms with van der Waals surface area (Å²) in [5.74, 6) is -0.438. The lowest BCUT2D eigenvalue weighted by atomic mass is 10.0. The molecule has 1 aromatic rings. The Kier molecular flexibility index (Phi) is 3.12. The van der Waals surface area contributed by atoms with E-state index in [1.807, 2.05) is 0 Å². The van der Waals surface area contributed by atoms with Crippen molar-refractivity contribution in [1.29, 1.82) is 0 Å². The highest BCUT2D eigenvalue weighted by Crippen LogP contribution is 2.48. The van der Waals surface area contributed by atoms with E-state index in [2.05, 4.69) is 5.32 Å². The Morgan fingerprint density at radius 3 is 2.59 bits per heavy atom. The fraction of sp³-hybridized carbons (Fsp3) is 0.500. The van der Waals surface area contributed by atoms with Gasteiger partial charge in [-0.25, -0.2) is 4.39 Å². The molecular formula is C12H13F4N. The average molecular weight is 247 g/mol. The lowest BCUT2D eigenvalue weighted by molar-refractivity contribution is -0.137. The minimum Gasteiger partial charge on any atom is -0.319 e. The number of benzene rings is 1. The Morgan fingerprint density at radius 2 is 2.00 bits per heavy atom. The molecule has 0 amide bonds. The molecule has 2 atom stereocenters. The van der Waals surface area contributed by atoms with Crippen LogP contribution in [0.4, 0.5) is 17.6 Å². The van der Waals surface area contributed by atoms with Crippen molar-refractivity contribution in [3.05, 3.63) is 35.1 Å². The van der Waals surface area contributed by atoms with Crippen LogP contribution >= 0.6 is 0 Å². The lowest BCUT2D eigenvalue weighted by Crippen LogP contribution is -2.10. The molecule has 0 spiro atoms. The highest BCUT2D eigenvalue weighted by Gasteiger charge is 2.39. The van der Waals surface area contributed by atoms with E-state index in [1.165, 1.54) is 6.07 Å². The minimum atomic E-state index is -4.48. The summed E-state index contributed by atoms with van der Waals surface area (Å²) >= 11 is 0. The Hall–Kier alpha value is -1.10. The second-order valence-corrected chi connectivity index (χ2v) is 4.43. The van der Waals surface area contributed by atoms with Crippen molar-refractivity contribution in [3.8, 4) is 0 Å². The largest absolute Gasteiger partial charge is 0.416 e. The fourth-order valence-corrected chi connectivity index (χ4v) is 2.13. The third kappa shape index (κ3) is 2.77. The summed E-state index contributed by atoms with van der Waals surface area (Å²) in [5.41, 5.74) is -0.444. The molecule has 1 saturated carbocycles. The van der Waals surface area contributed by atoms with Crippen LogP contribution < -0.4 is 5.32 Å². The molecule has 0 bridgehead atoms. The van der Waals surface area contributed by atoms with Crippen molar-refractivity contribution in [1.82, 2.24) is 5.32 Å². The van der Waals surface area contributed by atoms with Crippen LogP contribution in [0, 0.1) is 11.7 Å². The van der Waals surface area contributed by atoms with Crippen molar-refractivity contribution in [2.75, 3.05) is 13.6 Å².